The van der Waals surface area contributed by atoms with E-state index in [0.29, 0.717) is 18.3 Å². The number of hydrogen-bond acceptors (Lipinski definition) is 2. The van der Waals surface area contributed by atoms with Crippen LogP contribution in [0, 0.1) is 17.3 Å². The molecule has 0 heterocycles. The number of hydrogen-bond donors (Lipinski definition) is 3. The first-order chi connectivity index (χ1) is 9.88. The summed E-state index contributed by atoms with van der Waals surface area (Å²) in [6, 6.07) is -0.260. The van der Waals surface area contributed by atoms with Gasteiger partial charge in [-0.25, -0.2) is 4.79 Å². The highest BCUT2D eigenvalue weighted by atomic mass is 16.4. The predicted molar refractivity (Wildman–Crippen MR) is 81.0 cm³/mol. The average molecular weight is 296 g/mol. The Morgan fingerprint density at radius 1 is 1.24 bits per heavy atom. The van der Waals surface area contributed by atoms with Crippen molar-refractivity contribution in [3.05, 3.63) is 0 Å². The molecule has 0 radical (unpaired) electrons. The third-order valence-electron chi connectivity index (χ3n) is 5.82. The zero-order valence-electron chi connectivity index (χ0n) is 13.3. The van der Waals surface area contributed by atoms with Crippen molar-refractivity contribution in [3.63, 3.8) is 0 Å². The molecule has 0 aromatic rings. The van der Waals surface area contributed by atoms with Crippen molar-refractivity contribution < 1.29 is 14.7 Å². The molecule has 2 aliphatic rings. The zero-order valence-corrected chi connectivity index (χ0v) is 13.3. The molecule has 2 fully saturated rings. The van der Waals surface area contributed by atoms with E-state index in [4.69, 9.17) is 0 Å². The number of carboxylic acids is 1. The lowest BCUT2D eigenvalue weighted by molar-refractivity contribution is -0.148. The smallest absolute Gasteiger partial charge is 0.315 e. The number of rotatable bonds is 4. The van der Waals surface area contributed by atoms with Gasteiger partial charge < -0.3 is 15.7 Å². The Bertz CT molecular complexity index is 412. The van der Waals surface area contributed by atoms with Gasteiger partial charge in [-0.3, -0.25) is 4.79 Å². The van der Waals surface area contributed by atoms with Gasteiger partial charge in [0.15, 0.2) is 0 Å². The van der Waals surface area contributed by atoms with Crippen LogP contribution in [0.3, 0.4) is 0 Å². The van der Waals surface area contributed by atoms with Gasteiger partial charge in [0.25, 0.3) is 0 Å². The van der Waals surface area contributed by atoms with E-state index in [0.717, 1.165) is 25.7 Å². The Balaban J connectivity index is 1.89. The number of carboxylic acid groups (broad SMARTS) is 1. The highest BCUT2D eigenvalue weighted by molar-refractivity contribution is 5.79. The molecule has 2 amide bonds. The van der Waals surface area contributed by atoms with Gasteiger partial charge in [-0.15, -0.1) is 0 Å². The van der Waals surface area contributed by atoms with Gasteiger partial charge in [-0.05, 0) is 44.4 Å². The molecule has 2 rings (SSSR count). The highest BCUT2D eigenvalue weighted by Gasteiger charge is 2.46. The van der Waals surface area contributed by atoms with E-state index in [1.807, 2.05) is 0 Å². The number of urea groups is 1. The SMILES string of the molecule is CCC1CCC(NC(=O)NC2CCCC2(C)C(=O)O)C1C. The minimum atomic E-state index is -0.829. The summed E-state index contributed by atoms with van der Waals surface area (Å²) in [6.45, 7) is 6.13. The summed E-state index contributed by atoms with van der Waals surface area (Å²) in [4.78, 5) is 23.6. The maximum Gasteiger partial charge on any atom is 0.315 e. The minimum Gasteiger partial charge on any atom is -0.481 e. The number of nitrogens with one attached hydrogen (secondary N) is 2. The van der Waals surface area contributed by atoms with E-state index < -0.39 is 11.4 Å². The number of aliphatic carboxylic acids is 1. The number of amides is 2. The monoisotopic (exact) mass is 296 g/mol. The molecule has 5 atom stereocenters. The van der Waals surface area contributed by atoms with Gasteiger partial charge in [-0.2, -0.15) is 0 Å². The largest absolute Gasteiger partial charge is 0.481 e. The van der Waals surface area contributed by atoms with E-state index in [2.05, 4.69) is 24.5 Å². The van der Waals surface area contributed by atoms with Crippen molar-refractivity contribution in [1.29, 1.82) is 0 Å². The third-order valence-corrected chi connectivity index (χ3v) is 5.82. The maximum absolute atomic E-state index is 12.2. The molecule has 0 aromatic carbocycles. The molecule has 5 heteroatoms. The molecule has 0 bridgehead atoms. The van der Waals surface area contributed by atoms with Crippen molar-refractivity contribution >= 4 is 12.0 Å². The molecule has 0 spiro atoms. The van der Waals surface area contributed by atoms with Crippen molar-refractivity contribution in [2.75, 3.05) is 0 Å². The molecule has 5 unspecified atom stereocenters. The Kier molecular flexibility index (Phi) is 4.79. The lowest BCUT2D eigenvalue weighted by Gasteiger charge is -2.29. The first-order valence-electron chi connectivity index (χ1n) is 8.19. The molecule has 3 N–H and O–H groups in total. The van der Waals surface area contributed by atoms with E-state index >= 15 is 0 Å². The second-order valence-corrected chi connectivity index (χ2v) is 7.00. The fraction of sp³-hybridized carbons (Fsp3) is 0.875. The van der Waals surface area contributed by atoms with E-state index in [-0.39, 0.29) is 18.1 Å². The van der Waals surface area contributed by atoms with Crippen molar-refractivity contribution in [2.45, 2.75) is 71.4 Å². The van der Waals surface area contributed by atoms with Gasteiger partial charge in [0.2, 0.25) is 0 Å². The van der Waals surface area contributed by atoms with Crippen LogP contribution in [0.4, 0.5) is 4.79 Å². The van der Waals surface area contributed by atoms with Crippen LogP contribution in [0.25, 0.3) is 0 Å². The minimum absolute atomic E-state index is 0.206. The highest BCUT2D eigenvalue weighted by Crippen LogP contribution is 2.38. The Morgan fingerprint density at radius 2 is 1.95 bits per heavy atom. The van der Waals surface area contributed by atoms with Crippen molar-refractivity contribution in [3.8, 4) is 0 Å². The summed E-state index contributed by atoms with van der Waals surface area (Å²) in [5, 5.41) is 15.3. The fourth-order valence-corrected chi connectivity index (χ4v) is 4.05. The molecular weight excluding hydrogens is 268 g/mol. The molecule has 120 valence electrons. The Hall–Kier alpha value is -1.26. The fourth-order valence-electron chi connectivity index (χ4n) is 4.05. The average Bonchev–Trinajstić information content (AvgIpc) is 2.96. The van der Waals surface area contributed by atoms with Crippen LogP contribution in [-0.4, -0.2) is 29.2 Å². The molecular formula is C16H28N2O3. The quantitative estimate of drug-likeness (QED) is 0.746. The van der Waals surface area contributed by atoms with Crippen LogP contribution < -0.4 is 10.6 Å². The second kappa shape index (κ2) is 6.24. The summed E-state index contributed by atoms with van der Waals surface area (Å²) < 4.78 is 0. The Morgan fingerprint density at radius 3 is 2.52 bits per heavy atom. The van der Waals surface area contributed by atoms with Gasteiger partial charge in [0, 0.05) is 12.1 Å². The van der Waals surface area contributed by atoms with E-state index in [1.54, 1.807) is 6.92 Å². The summed E-state index contributed by atoms with van der Waals surface area (Å²) in [6.07, 6.45) is 5.57. The molecule has 2 aliphatic carbocycles. The zero-order chi connectivity index (χ0) is 15.6. The lowest BCUT2D eigenvalue weighted by Crippen LogP contribution is -2.52. The molecule has 0 saturated heterocycles. The van der Waals surface area contributed by atoms with E-state index in [1.165, 1.54) is 6.42 Å². The molecule has 2 saturated carbocycles. The van der Waals surface area contributed by atoms with Crippen LogP contribution >= 0.6 is 0 Å². The number of carbonyl (C=O) groups is 2. The first-order valence-corrected chi connectivity index (χ1v) is 8.19. The summed E-state index contributed by atoms with van der Waals surface area (Å²) in [7, 11) is 0. The molecule has 0 aliphatic heterocycles. The Labute approximate surface area is 126 Å². The molecule has 5 nitrogen and oxygen atoms in total. The van der Waals surface area contributed by atoms with Gasteiger partial charge in [-0.1, -0.05) is 26.7 Å². The molecule has 21 heavy (non-hydrogen) atoms. The summed E-state index contributed by atoms with van der Waals surface area (Å²) in [5.74, 6) is 0.367. The standard InChI is InChI=1S/C16H28N2O3/c1-4-11-7-8-12(10(11)2)17-15(21)18-13-6-5-9-16(13,3)14(19)20/h10-13H,4-9H2,1-3H3,(H,19,20)(H2,17,18,21). The van der Waals surface area contributed by atoms with Gasteiger partial charge >= 0.3 is 12.0 Å². The van der Waals surface area contributed by atoms with Crippen LogP contribution in [0.5, 0.6) is 0 Å². The topological polar surface area (TPSA) is 78.4 Å². The van der Waals surface area contributed by atoms with Crippen LogP contribution in [0.15, 0.2) is 0 Å². The second-order valence-electron chi connectivity index (χ2n) is 7.00. The van der Waals surface area contributed by atoms with Gasteiger partial charge in [0.05, 0.1) is 5.41 Å². The summed E-state index contributed by atoms with van der Waals surface area (Å²) >= 11 is 0. The third kappa shape index (κ3) is 3.16. The number of carbonyl (C=O) groups excluding carboxylic acids is 1. The summed E-state index contributed by atoms with van der Waals surface area (Å²) in [5.41, 5.74) is -0.829. The first kappa shape index (κ1) is 16.1. The normalized spacial score (nSPS) is 39.2. The van der Waals surface area contributed by atoms with Gasteiger partial charge in [0.1, 0.15) is 0 Å². The van der Waals surface area contributed by atoms with Crippen molar-refractivity contribution in [2.24, 2.45) is 17.3 Å². The lowest BCUT2D eigenvalue weighted by atomic mass is 9.85. The van der Waals surface area contributed by atoms with Crippen LogP contribution in [-0.2, 0) is 4.79 Å². The van der Waals surface area contributed by atoms with Crippen LogP contribution in [0.2, 0.25) is 0 Å². The van der Waals surface area contributed by atoms with E-state index in [9.17, 15) is 14.7 Å². The predicted octanol–water partition coefficient (Wildman–Crippen LogP) is 2.75. The maximum atomic E-state index is 12.2. The van der Waals surface area contributed by atoms with Crippen LogP contribution in [0.1, 0.15) is 59.3 Å². The molecule has 0 aromatic heterocycles. The van der Waals surface area contributed by atoms with Crippen molar-refractivity contribution in [1.82, 2.24) is 10.6 Å².